The molecule has 8 heteroatoms. The van der Waals surface area contributed by atoms with Crippen LogP contribution in [0.15, 0.2) is 61.2 Å². The van der Waals surface area contributed by atoms with Gasteiger partial charge in [0.2, 0.25) is 11.8 Å². The van der Waals surface area contributed by atoms with Gasteiger partial charge in [-0.05, 0) is 56.5 Å². The Morgan fingerprint density at radius 2 is 1.82 bits per heavy atom. The third-order valence-electron chi connectivity index (χ3n) is 5.77. The number of aromatic hydroxyl groups is 1. The first-order valence-electron chi connectivity index (χ1n) is 13.0. The number of hydrogen-bond donors (Lipinski definition) is 3. The molecule has 2 aromatic carbocycles. The summed E-state index contributed by atoms with van der Waals surface area (Å²) < 4.78 is 5.42. The number of nitrogens with zero attached hydrogens (tertiary/aromatic N) is 1. The highest BCUT2D eigenvalue weighted by molar-refractivity contribution is 5.92. The molecule has 8 nitrogen and oxygen atoms in total. The molecule has 3 amide bonds. The van der Waals surface area contributed by atoms with Gasteiger partial charge in [-0.15, -0.1) is 13.0 Å². The number of terminal acetylenes is 1. The maximum atomic E-state index is 14.2. The molecule has 2 unspecified atom stereocenters. The summed E-state index contributed by atoms with van der Waals surface area (Å²) in [7, 11) is 0. The number of hydrogen-bond acceptors (Lipinski definition) is 5. The Kier molecular flexibility index (Phi) is 11.6. The lowest BCUT2D eigenvalue weighted by molar-refractivity contribution is -0.141. The number of alkyl carbamates (subject to hydrolysis) is 1. The zero-order chi connectivity index (χ0) is 29.0. The summed E-state index contributed by atoms with van der Waals surface area (Å²) in [5.74, 6) is 1.78. The van der Waals surface area contributed by atoms with Crippen LogP contribution in [0.4, 0.5) is 4.79 Å². The van der Waals surface area contributed by atoms with E-state index in [2.05, 4.69) is 23.1 Å². The fourth-order valence-electron chi connectivity index (χ4n) is 3.98. The van der Waals surface area contributed by atoms with Crippen molar-refractivity contribution >= 4 is 17.9 Å². The largest absolute Gasteiger partial charge is 0.508 e. The number of carbonyl (C=O) groups is 3. The van der Waals surface area contributed by atoms with Gasteiger partial charge in [-0.25, -0.2) is 4.79 Å². The Bertz CT molecular complexity index is 1180. The van der Waals surface area contributed by atoms with Crippen LogP contribution >= 0.6 is 0 Å². The van der Waals surface area contributed by atoms with Gasteiger partial charge in [0.1, 0.15) is 23.4 Å². The topological polar surface area (TPSA) is 108 Å². The van der Waals surface area contributed by atoms with Gasteiger partial charge in [0, 0.05) is 25.1 Å². The first-order chi connectivity index (χ1) is 18.5. The third-order valence-corrected chi connectivity index (χ3v) is 5.77. The predicted octanol–water partition coefficient (Wildman–Crippen LogP) is 4.48. The van der Waals surface area contributed by atoms with Crippen molar-refractivity contribution in [3.8, 4) is 18.1 Å². The van der Waals surface area contributed by atoms with Crippen molar-refractivity contribution in [1.29, 1.82) is 0 Å². The van der Waals surface area contributed by atoms with E-state index in [1.807, 2.05) is 6.92 Å². The second-order valence-electron chi connectivity index (χ2n) is 10.1. The zero-order valence-corrected chi connectivity index (χ0v) is 23.2. The summed E-state index contributed by atoms with van der Waals surface area (Å²) in [6.07, 6.45) is 8.26. The van der Waals surface area contributed by atoms with Gasteiger partial charge in [-0.1, -0.05) is 55.7 Å². The van der Waals surface area contributed by atoms with E-state index in [-0.39, 0.29) is 24.6 Å². The molecular weight excluding hydrogens is 494 g/mol. The Hall–Kier alpha value is -4.25. The summed E-state index contributed by atoms with van der Waals surface area (Å²) in [5, 5.41) is 15.3. The molecule has 0 bridgehead atoms. The smallest absolute Gasteiger partial charge is 0.408 e. The molecule has 3 N–H and O–H groups in total. The minimum absolute atomic E-state index is 0.0195. The van der Waals surface area contributed by atoms with Crippen molar-refractivity contribution in [1.82, 2.24) is 15.5 Å². The number of ether oxygens (including phenoxy) is 1. The van der Waals surface area contributed by atoms with E-state index in [0.717, 1.165) is 12.8 Å². The molecule has 2 aromatic rings. The minimum Gasteiger partial charge on any atom is -0.508 e. The molecule has 2 rings (SSSR count). The molecule has 0 saturated heterocycles. The summed E-state index contributed by atoms with van der Waals surface area (Å²) in [6.45, 7) is 11.4. The lowest BCUT2D eigenvalue weighted by atomic mass is 9.96. The molecule has 0 aliphatic carbocycles. The van der Waals surface area contributed by atoms with E-state index in [1.165, 1.54) is 23.1 Å². The number of phenolic OH excluding ortho intramolecular Hbond substituents is 1. The molecule has 0 heterocycles. The van der Waals surface area contributed by atoms with Crippen LogP contribution in [0.5, 0.6) is 5.75 Å². The second-order valence-corrected chi connectivity index (χ2v) is 10.1. The van der Waals surface area contributed by atoms with Crippen LogP contribution in [-0.2, 0) is 20.7 Å². The van der Waals surface area contributed by atoms with Crippen LogP contribution in [0.1, 0.15) is 63.3 Å². The average Bonchev–Trinajstić information content (AvgIpc) is 2.88. The molecule has 0 aliphatic rings. The van der Waals surface area contributed by atoms with Crippen molar-refractivity contribution in [2.45, 2.75) is 64.6 Å². The van der Waals surface area contributed by atoms with Gasteiger partial charge in [0.15, 0.2) is 0 Å². The standard InChI is InChI=1S/C31H39N3O5/c1-7-10-19-32-28(36)27(25-14-12-11-13-23(25)9-3)34(20-8-2)29(37)26(33-30(38)39-31(4,5)6)21-22-15-17-24(35)18-16-22/h3,8,11-18,26-27,35H,2,7,10,19-21H2,1,4-6H3,(H,32,36)(H,33,38). The highest BCUT2D eigenvalue weighted by atomic mass is 16.6. The number of phenols is 1. The minimum atomic E-state index is -1.09. The molecule has 39 heavy (non-hydrogen) atoms. The summed E-state index contributed by atoms with van der Waals surface area (Å²) in [5.41, 5.74) is 0.869. The second kappa shape index (κ2) is 14.6. The molecular formula is C31H39N3O5. The van der Waals surface area contributed by atoms with Gasteiger partial charge in [0.05, 0.1) is 0 Å². The van der Waals surface area contributed by atoms with Crippen molar-refractivity contribution in [2.75, 3.05) is 13.1 Å². The first-order valence-corrected chi connectivity index (χ1v) is 13.0. The molecule has 2 atom stereocenters. The van der Waals surface area contributed by atoms with E-state index < -0.39 is 29.7 Å². The van der Waals surface area contributed by atoms with Crippen LogP contribution in [-0.4, -0.2) is 52.6 Å². The number of carbonyl (C=O) groups excluding carboxylic acids is 3. The fourth-order valence-corrected chi connectivity index (χ4v) is 3.98. The van der Waals surface area contributed by atoms with E-state index in [4.69, 9.17) is 11.2 Å². The molecule has 0 saturated carbocycles. The van der Waals surface area contributed by atoms with Crippen molar-refractivity contribution in [3.05, 3.63) is 77.9 Å². The average molecular weight is 534 g/mol. The molecule has 0 aliphatic heterocycles. The third kappa shape index (κ3) is 9.53. The lowest BCUT2D eigenvalue weighted by Crippen LogP contribution is -2.54. The van der Waals surface area contributed by atoms with E-state index in [9.17, 15) is 19.5 Å². The Morgan fingerprint density at radius 3 is 2.41 bits per heavy atom. The van der Waals surface area contributed by atoms with Crippen molar-refractivity contribution in [2.24, 2.45) is 0 Å². The lowest BCUT2D eigenvalue weighted by Gasteiger charge is -2.34. The number of benzene rings is 2. The van der Waals surface area contributed by atoms with E-state index in [0.29, 0.717) is 23.2 Å². The van der Waals surface area contributed by atoms with E-state index in [1.54, 1.807) is 57.2 Å². The van der Waals surface area contributed by atoms with Crippen LogP contribution in [0.25, 0.3) is 0 Å². The van der Waals surface area contributed by atoms with E-state index >= 15 is 0 Å². The van der Waals surface area contributed by atoms with Crippen LogP contribution in [0, 0.1) is 12.3 Å². The highest BCUT2D eigenvalue weighted by Gasteiger charge is 2.36. The number of amides is 3. The Balaban J connectivity index is 2.56. The highest BCUT2D eigenvalue weighted by Crippen LogP contribution is 2.26. The molecule has 0 aromatic heterocycles. The number of rotatable bonds is 12. The predicted molar refractivity (Wildman–Crippen MR) is 152 cm³/mol. The quantitative estimate of drug-likeness (QED) is 0.212. The number of nitrogens with one attached hydrogen (secondary N) is 2. The maximum absolute atomic E-state index is 14.2. The molecule has 208 valence electrons. The maximum Gasteiger partial charge on any atom is 0.408 e. The molecule has 0 radical (unpaired) electrons. The van der Waals surface area contributed by atoms with Gasteiger partial charge < -0.3 is 25.4 Å². The summed E-state index contributed by atoms with van der Waals surface area (Å²) in [6, 6.07) is 11.1. The number of unbranched alkanes of at least 4 members (excludes halogenated alkanes) is 1. The Morgan fingerprint density at radius 1 is 1.15 bits per heavy atom. The molecule has 0 spiro atoms. The monoisotopic (exact) mass is 533 g/mol. The normalized spacial score (nSPS) is 12.4. The van der Waals surface area contributed by atoms with Gasteiger partial charge in [-0.3, -0.25) is 9.59 Å². The van der Waals surface area contributed by atoms with Crippen molar-refractivity contribution in [3.63, 3.8) is 0 Å². The van der Waals surface area contributed by atoms with Gasteiger partial charge in [0.25, 0.3) is 0 Å². The van der Waals surface area contributed by atoms with Crippen LogP contribution in [0.3, 0.4) is 0 Å². The molecule has 0 fully saturated rings. The van der Waals surface area contributed by atoms with Crippen LogP contribution in [0.2, 0.25) is 0 Å². The summed E-state index contributed by atoms with van der Waals surface area (Å²) in [4.78, 5) is 41.9. The Labute approximate surface area is 231 Å². The van der Waals surface area contributed by atoms with Crippen LogP contribution < -0.4 is 10.6 Å². The zero-order valence-electron chi connectivity index (χ0n) is 23.2. The van der Waals surface area contributed by atoms with Crippen molar-refractivity contribution < 1.29 is 24.2 Å². The first kappa shape index (κ1) is 31.0. The van der Waals surface area contributed by atoms with Gasteiger partial charge >= 0.3 is 6.09 Å². The van der Waals surface area contributed by atoms with Gasteiger partial charge in [-0.2, -0.15) is 0 Å². The SMILES string of the molecule is C#Cc1ccccc1C(C(=O)NCCCC)N(CC=C)C(=O)C(Cc1ccc(O)cc1)NC(=O)OC(C)(C)C. The fraction of sp³-hybridized carbons (Fsp3) is 0.387. The summed E-state index contributed by atoms with van der Waals surface area (Å²) >= 11 is 0.